The standard InChI is InChI=1S/C24H22ClF3N4O.2ClH/c25-21-18(24(26,27)28)9-12-31-22(21)23(33)32-14-16-5-3-7-17(15-6-4-10-29-13-15)20(16)19-8-1-2-11-30-19;;/h3-7,9-10,12-13,19,30H,1-2,8,11,14H2,(H,32,33);2*1H/t19-;;/m0../s1. The SMILES string of the molecule is Cl.Cl.O=C(NCc1cccc(-c2cccnc2)c1[C@@H]1CCCCN1)c1nccc(C(F)(F)F)c1Cl. The smallest absolute Gasteiger partial charge is 0.347 e. The zero-order valence-corrected chi connectivity index (χ0v) is 20.8. The van der Waals surface area contributed by atoms with Crippen LogP contribution in [-0.4, -0.2) is 22.4 Å². The van der Waals surface area contributed by atoms with Gasteiger partial charge in [-0.2, -0.15) is 13.2 Å². The first-order chi connectivity index (χ1) is 15.9. The first-order valence-electron chi connectivity index (χ1n) is 10.6. The molecule has 1 fully saturated rings. The van der Waals surface area contributed by atoms with E-state index in [-0.39, 0.29) is 37.4 Å². The van der Waals surface area contributed by atoms with E-state index in [1.165, 1.54) is 0 Å². The van der Waals surface area contributed by atoms with Gasteiger partial charge in [-0.05, 0) is 48.2 Å². The van der Waals surface area contributed by atoms with Crippen LogP contribution in [0.25, 0.3) is 11.1 Å². The summed E-state index contributed by atoms with van der Waals surface area (Å²) < 4.78 is 39.5. The van der Waals surface area contributed by atoms with Crippen molar-refractivity contribution in [3.63, 3.8) is 0 Å². The summed E-state index contributed by atoms with van der Waals surface area (Å²) in [6, 6.07) is 10.5. The third kappa shape index (κ3) is 6.64. The van der Waals surface area contributed by atoms with E-state index in [1.807, 2.05) is 30.3 Å². The predicted octanol–water partition coefficient (Wildman–Crippen LogP) is 6.40. The molecule has 1 saturated heterocycles. The summed E-state index contributed by atoms with van der Waals surface area (Å²) in [5.74, 6) is -0.763. The van der Waals surface area contributed by atoms with Crippen LogP contribution in [0.15, 0.2) is 55.0 Å². The molecule has 0 spiro atoms. The van der Waals surface area contributed by atoms with E-state index in [9.17, 15) is 18.0 Å². The summed E-state index contributed by atoms with van der Waals surface area (Å²) in [6.07, 6.45) is 2.87. The molecule has 11 heteroatoms. The third-order valence-corrected chi connectivity index (χ3v) is 6.06. The van der Waals surface area contributed by atoms with E-state index in [0.717, 1.165) is 60.3 Å². The van der Waals surface area contributed by atoms with Gasteiger partial charge in [0.15, 0.2) is 0 Å². The Morgan fingerprint density at radius 1 is 1.11 bits per heavy atom. The monoisotopic (exact) mass is 546 g/mol. The van der Waals surface area contributed by atoms with Gasteiger partial charge in [-0.15, -0.1) is 24.8 Å². The van der Waals surface area contributed by atoms with Crippen molar-refractivity contribution >= 4 is 42.3 Å². The number of carbonyl (C=O) groups excluding carboxylic acids is 1. The zero-order chi connectivity index (χ0) is 23.4. The maximum Gasteiger partial charge on any atom is 0.417 e. The Bertz CT molecular complexity index is 1140. The van der Waals surface area contributed by atoms with E-state index in [4.69, 9.17) is 11.6 Å². The molecule has 4 rings (SSSR count). The van der Waals surface area contributed by atoms with Crippen LogP contribution in [0.4, 0.5) is 13.2 Å². The Balaban J connectivity index is 0.00000216. The van der Waals surface area contributed by atoms with E-state index in [1.54, 1.807) is 12.4 Å². The zero-order valence-electron chi connectivity index (χ0n) is 18.4. The fourth-order valence-corrected chi connectivity index (χ4v) is 4.44. The molecule has 1 atom stereocenters. The average molecular weight is 548 g/mol. The van der Waals surface area contributed by atoms with Gasteiger partial charge in [0, 0.05) is 36.7 Å². The lowest BCUT2D eigenvalue weighted by Crippen LogP contribution is -2.30. The highest BCUT2D eigenvalue weighted by molar-refractivity contribution is 6.34. The molecule has 35 heavy (non-hydrogen) atoms. The van der Waals surface area contributed by atoms with E-state index in [2.05, 4.69) is 20.6 Å². The molecule has 188 valence electrons. The van der Waals surface area contributed by atoms with Gasteiger partial charge >= 0.3 is 6.18 Å². The number of alkyl halides is 3. The molecule has 2 N–H and O–H groups in total. The van der Waals surface area contributed by atoms with Crippen LogP contribution in [0.3, 0.4) is 0 Å². The van der Waals surface area contributed by atoms with Crippen LogP contribution in [0, 0.1) is 0 Å². The van der Waals surface area contributed by atoms with Gasteiger partial charge in [0.2, 0.25) is 0 Å². The molecule has 3 aromatic rings. The lowest BCUT2D eigenvalue weighted by molar-refractivity contribution is -0.137. The molecule has 0 unspecified atom stereocenters. The van der Waals surface area contributed by atoms with Crippen molar-refractivity contribution in [3.8, 4) is 11.1 Å². The molecule has 3 heterocycles. The number of hydrogen-bond donors (Lipinski definition) is 2. The molecule has 1 aromatic carbocycles. The van der Waals surface area contributed by atoms with Gasteiger partial charge in [0.05, 0.1) is 10.6 Å². The maximum atomic E-state index is 13.2. The molecule has 1 aliphatic heterocycles. The van der Waals surface area contributed by atoms with Crippen molar-refractivity contribution in [3.05, 3.63) is 82.4 Å². The second kappa shape index (κ2) is 12.5. The van der Waals surface area contributed by atoms with Crippen LogP contribution in [0.1, 0.15) is 52.5 Å². The molecule has 1 amide bonds. The van der Waals surface area contributed by atoms with Gasteiger partial charge in [-0.3, -0.25) is 9.78 Å². The highest BCUT2D eigenvalue weighted by atomic mass is 35.5. The highest BCUT2D eigenvalue weighted by Gasteiger charge is 2.35. The van der Waals surface area contributed by atoms with Crippen LogP contribution >= 0.6 is 36.4 Å². The van der Waals surface area contributed by atoms with Crippen molar-refractivity contribution in [1.82, 2.24) is 20.6 Å². The Kier molecular flexibility index (Phi) is 10.3. The van der Waals surface area contributed by atoms with Crippen molar-refractivity contribution in [2.24, 2.45) is 0 Å². The number of nitrogens with one attached hydrogen (secondary N) is 2. The van der Waals surface area contributed by atoms with Gasteiger partial charge in [-0.25, -0.2) is 4.98 Å². The number of amides is 1. The number of halogens is 6. The van der Waals surface area contributed by atoms with Crippen LogP contribution in [0.5, 0.6) is 0 Å². The summed E-state index contributed by atoms with van der Waals surface area (Å²) >= 11 is 5.87. The van der Waals surface area contributed by atoms with Crippen molar-refractivity contribution in [1.29, 1.82) is 0 Å². The van der Waals surface area contributed by atoms with Crippen molar-refractivity contribution in [2.75, 3.05) is 6.54 Å². The van der Waals surface area contributed by atoms with E-state index in [0.29, 0.717) is 0 Å². The fourth-order valence-electron chi connectivity index (χ4n) is 4.13. The van der Waals surface area contributed by atoms with Gasteiger partial charge < -0.3 is 10.6 Å². The first-order valence-corrected chi connectivity index (χ1v) is 11.0. The van der Waals surface area contributed by atoms with Crippen LogP contribution < -0.4 is 10.6 Å². The topological polar surface area (TPSA) is 66.9 Å². The average Bonchev–Trinajstić information content (AvgIpc) is 2.82. The number of piperidine rings is 1. The van der Waals surface area contributed by atoms with Crippen molar-refractivity contribution in [2.45, 2.75) is 38.0 Å². The first kappa shape index (κ1) is 28.8. The summed E-state index contributed by atoms with van der Waals surface area (Å²) in [4.78, 5) is 20.7. The quantitative estimate of drug-likeness (QED) is 0.388. The van der Waals surface area contributed by atoms with Gasteiger partial charge in [0.1, 0.15) is 5.69 Å². The van der Waals surface area contributed by atoms with Gasteiger partial charge in [0.25, 0.3) is 5.91 Å². The molecule has 0 saturated carbocycles. The molecular weight excluding hydrogens is 524 g/mol. The minimum Gasteiger partial charge on any atom is -0.347 e. The Labute approximate surface area is 218 Å². The van der Waals surface area contributed by atoms with Crippen LogP contribution in [-0.2, 0) is 12.7 Å². The molecular formula is C24H24Cl3F3N4O. The second-order valence-corrected chi connectivity index (χ2v) is 8.20. The minimum absolute atomic E-state index is 0. The number of pyridine rings is 2. The minimum atomic E-state index is -4.67. The van der Waals surface area contributed by atoms with Crippen LogP contribution in [0.2, 0.25) is 5.02 Å². The third-order valence-electron chi connectivity index (χ3n) is 5.68. The number of hydrogen-bond acceptors (Lipinski definition) is 4. The summed E-state index contributed by atoms with van der Waals surface area (Å²) in [5, 5.41) is 5.54. The molecule has 0 bridgehead atoms. The molecule has 5 nitrogen and oxygen atoms in total. The fraction of sp³-hybridized carbons (Fsp3) is 0.292. The summed E-state index contributed by atoms with van der Waals surface area (Å²) in [7, 11) is 0. The van der Waals surface area contributed by atoms with E-state index >= 15 is 0 Å². The molecule has 0 radical (unpaired) electrons. The predicted molar refractivity (Wildman–Crippen MR) is 134 cm³/mol. The Morgan fingerprint density at radius 2 is 1.91 bits per heavy atom. The Hall–Kier alpha value is -2.39. The highest BCUT2D eigenvalue weighted by Crippen LogP contribution is 2.36. The summed E-state index contributed by atoms with van der Waals surface area (Å²) in [6.45, 7) is 1.01. The molecule has 0 aliphatic carbocycles. The largest absolute Gasteiger partial charge is 0.417 e. The number of benzene rings is 1. The molecule has 1 aliphatic rings. The normalized spacial score (nSPS) is 15.5. The number of rotatable bonds is 5. The lowest BCUT2D eigenvalue weighted by Gasteiger charge is -2.28. The second-order valence-electron chi connectivity index (χ2n) is 7.82. The summed E-state index contributed by atoms with van der Waals surface area (Å²) in [5.41, 5.74) is 2.34. The van der Waals surface area contributed by atoms with Gasteiger partial charge in [-0.1, -0.05) is 42.3 Å². The van der Waals surface area contributed by atoms with Crippen molar-refractivity contribution < 1.29 is 18.0 Å². The number of carbonyl (C=O) groups is 1. The van der Waals surface area contributed by atoms with E-state index < -0.39 is 28.4 Å². The maximum absolute atomic E-state index is 13.2. The lowest BCUT2D eigenvalue weighted by atomic mass is 9.87. The number of aromatic nitrogens is 2. The molecule has 2 aromatic heterocycles. The number of nitrogens with zero attached hydrogens (tertiary/aromatic N) is 2. The Morgan fingerprint density at radius 3 is 2.57 bits per heavy atom.